The number of likely N-dealkylation sites (tertiary alicyclic amines) is 1. The van der Waals surface area contributed by atoms with Crippen molar-refractivity contribution in [1.82, 2.24) is 15.0 Å². The van der Waals surface area contributed by atoms with Crippen molar-refractivity contribution in [1.29, 1.82) is 0 Å². The summed E-state index contributed by atoms with van der Waals surface area (Å²) >= 11 is 6.21. The minimum Gasteiger partial charge on any atom is -0.495 e. The highest BCUT2D eigenvalue weighted by Crippen LogP contribution is 2.36. The van der Waals surface area contributed by atoms with E-state index in [1.165, 1.54) is 14.2 Å². The lowest BCUT2D eigenvalue weighted by atomic mass is 9.96. The molecule has 0 spiro atoms. The van der Waals surface area contributed by atoms with Gasteiger partial charge in [0.1, 0.15) is 11.5 Å². The zero-order valence-electron chi connectivity index (χ0n) is 18.0. The maximum atomic E-state index is 12.8. The summed E-state index contributed by atoms with van der Waals surface area (Å²) in [6.07, 6.45) is 1.47. The molecular weight excluding hydrogens is 432 g/mol. The number of methoxy groups -OCH3 is 2. The second kappa shape index (κ2) is 10.0. The summed E-state index contributed by atoms with van der Waals surface area (Å²) in [4.78, 5) is 19.5. The first kappa shape index (κ1) is 22.1. The van der Waals surface area contributed by atoms with Crippen LogP contribution in [0.1, 0.15) is 18.7 Å². The molecule has 0 radical (unpaired) electrons. The molecule has 0 atom stereocenters. The first-order valence-electron chi connectivity index (χ1n) is 10.4. The predicted octanol–water partition coefficient (Wildman–Crippen LogP) is 4.26. The van der Waals surface area contributed by atoms with Crippen LogP contribution in [0.2, 0.25) is 5.02 Å². The molecule has 2 heterocycles. The lowest BCUT2D eigenvalue weighted by molar-refractivity contribution is -0.121. The molecule has 0 saturated carbocycles. The van der Waals surface area contributed by atoms with Gasteiger partial charge in [0.25, 0.3) is 0 Å². The average Bonchev–Trinajstić information content (AvgIpc) is 3.29. The van der Waals surface area contributed by atoms with Crippen molar-refractivity contribution in [2.45, 2.75) is 19.4 Å². The third-order valence-corrected chi connectivity index (χ3v) is 5.84. The van der Waals surface area contributed by atoms with Crippen molar-refractivity contribution in [3.63, 3.8) is 0 Å². The third-order valence-electron chi connectivity index (χ3n) is 5.55. The van der Waals surface area contributed by atoms with E-state index < -0.39 is 0 Å². The summed E-state index contributed by atoms with van der Waals surface area (Å²) < 4.78 is 16.0. The minimum atomic E-state index is -0.0978. The molecule has 4 rings (SSSR count). The molecule has 3 aromatic rings. The number of nitrogens with one attached hydrogen (secondary N) is 1. The Labute approximate surface area is 191 Å². The Morgan fingerprint density at radius 1 is 1.16 bits per heavy atom. The zero-order valence-corrected chi connectivity index (χ0v) is 18.8. The molecule has 0 unspecified atom stereocenters. The lowest BCUT2D eigenvalue weighted by Gasteiger charge is -2.30. The number of halogens is 1. The highest BCUT2D eigenvalue weighted by Gasteiger charge is 2.27. The SMILES string of the molecule is COc1cc(OC)c(NC(=O)C2CCN(Cc3nc(-c4ccccc4)no3)CC2)cc1Cl. The number of hydrogen-bond acceptors (Lipinski definition) is 7. The van der Waals surface area contributed by atoms with E-state index in [9.17, 15) is 4.79 Å². The number of rotatable bonds is 7. The van der Waals surface area contributed by atoms with E-state index in [1.807, 2.05) is 30.3 Å². The quantitative estimate of drug-likeness (QED) is 0.568. The molecule has 0 bridgehead atoms. The predicted molar refractivity (Wildman–Crippen MR) is 121 cm³/mol. The van der Waals surface area contributed by atoms with Gasteiger partial charge in [-0.15, -0.1) is 0 Å². The molecular formula is C23H25ClN4O4. The van der Waals surface area contributed by atoms with Crippen LogP contribution in [0.25, 0.3) is 11.4 Å². The molecule has 1 saturated heterocycles. The van der Waals surface area contributed by atoms with Gasteiger partial charge >= 0.3 is 0 Å². The highest BCUT2D eigenvalue weighted by molar-refractivity contribution is 6.32. The molecule has 1 N–H and O–H groups in total. The van der Waals surface area contributed by atoms with E-state index in [2.05, 4.69) is 20.4 Å². The Kier molecular flexibility index (Phi) is 6.92. The molecule has 168 valence electrons. The first-order valence-corrected chi connectivity index (χ1v) is 10.8. The number of carbonyl (C=O) groups excluding carboxylic acids is 1. The zero-order chi connectivity index (χ0) is 22.5. The van der Waals surface area contributed by atoms with Gasteiger partial charge in [-0.05, 0) is 32.0 Å². The standard InChI is InChI=1S/C23H25ClN4O4/c1-30-19-13-20(31-2)18(12-17(19)24)25-23(29)16-8-10-28(11-9-16)14-21-26-22(27-32-21)15-6-4-3-5-7-15/h3-7,12-13,16H,8-11,14H2,1-2H3,(H,25,29). The fourth-order valence-electron chi connectivity index (χ4n) is 3.76. The van der Waals surface area contributed by atoms with Crippen molar-refractivity contribution < 1.29 is 18.8 Å². The monoisotopic (exact) mass is 456 g/mol. The van der Waals surface area contributed by atoms with E-state index in [0.29, 0.717) is 40.5 Å². The van der Waals surface area contributed by atoms with Gasteiger partial charge in [0.15, 0.2) is 0 Å². The van der Waals surface area contributed by atoms with Crippen molar-refractivity contribution in [2.24, 2.45) is 5.92 Å². The van der Waals surface area contributed by atoms with Gasteiger partial charge in [0.2, 0.25) is 17.6 Å². The summed E-state index contributed by atoms with van der Waals surface area (Å²) in [5, 5.41) is 7.43. The van der Waals surface area contributed by atoms with Gasteiger partial charge in [-0.2, -0.15) is 4.98 Å². The molecule has 1 aliphatic heterocycles. The molecule has 0 aliphatic carbocycles. The second-order valence-corrected chi connectivity index (χ2v) is 8.01. The molecule has 1 aromatic heterocycles. The molecule has 1 amide bonds. The van der Waals surface area contributed by atoms with Gasteiger partial charge in [-0.1, -0.05) is 47.1 Å². The van der Waals surface area contributed by atoms with Gasteiger partial charge in [-0.25, -0.2) is 0 Å². The Bertz CT molecular complexity index is 1070. The average molecular weight is 457 g/mol. The number of nitrogens with zero attached hydrogens (tertiary/aromatic N) is 3. The van der Waals surface area contributed by atoms with E-state index in [0.717, 1.165) is 31.5 Å². The number of benzene rings is 2. The van der Waals surface area contributed by atoms with E-state index in [4.69, 9.17) is 25.6 Å². The number of aromatic nitrogens is 2. The van der Waals surface area contributed by atoms with Crippen LogP contribution in [0, 0.1) is 5.92 Å². The van der Waals surface area contributed by atoms with Crippen LogP contribution in [0.5, 0.6) is 11.5 Å². The van der Waals surface area contributed by atoms with Gasteiger partial charge in [-0.3, -0.25) is 9.69 Å². The van der Waals surface area contributed by atoms with Crippen LogP contribution in [0.3, 0.4) is 0 Å². The fourth-order valence-corrected chi connectivity index (χ4v) is 4.00. The summed E-state index contributed by atoms with van der Waals surface area (Å²) in [6.45, 7) is 2.10. The lowest BCUT2D eigenvalue weighted by Crippen LogP contribution is -2.37. The van der Waals surface area contributed by atoms with E-state index >= 15 is 0 Å². The summed E-state index contributed by atoms with van der Waals surface area (Å²) in [5.74, 6) is 2.01. The number of amides is 1. The number of piperidine rings is 1. The normalized spacial score (nSPS) is 14.8. The molecule has 9 heteroatoms. The van der Waals surface area contributed by atoms with Crippen LogP contribution in [-0.2, 0) is 11.3 Å². The van der Waals surface area contributed by atoms with Crippen molar-refractivity contribution in [3.8, 4) is 22.9 Å². The fraction of sp³-hybridized carbons (Fsp3) is 0.348. The van der Waals surface area contributed by atoms with Gasteiger partial charge in [0.05, 0.1) is 31.5 Å². The largest absolute Gasteiger partial charge is 0.495 e. The number of carbonyl (C=O) groups is 1. The molecule has 32 heavy (non-hydrogen) atoms. The van der Waals surface area contributed by atoms with Crippen LogP contribution in [-0.4, -0.2) is 48.3 Å². The smallest absolute Gasteiger partial charge is 0.241 e. The summed E-state index contributed by atoms with van der Waals surface area (Å²) in [7, 11) is 3.07. The topological polar surface area (TPSA) is 89.7 Å². The van der Waals surface area contributed by atoms with Gasteiger partial charge in [0, 0.05) is 17.5 Å². The Morgan fingerprint density at radius 3 is 2.56 bits per heavy atom. The highest BCUT2D eigenvalue weighted by atomic mass is 35.5. The summed E-state index contributed by atoms with van der Waals surface area (Å²) in [6, 6.07) is 13.0. The number of hydrogen-bond donors (Lipinski definition) is 1. The summed E-state index contributed by atoms with van der Waals surface area (Å²) in [5.41, 5.74) is 1.46. The van der Waals surface area contributed by atoms with Crippen LogP contribution in [0.4, 0.5) is 5.69 Å². The Morgan fingerprint density at radius 2 is 1.88 bits per heavy atom. The second-order valence-electron chi connectivity index (χ2n) is 7.60. The van der Waals surface area contributed by atoms with Crippen molar-refractivity contribution in [2.75, 3.05) is 32.6 Å². The Hall–Kier alpha value is -3.10. The number of ether oxygens (including phenoxy) is 2. The van der Waals surface area contributed by atoms with E-state index in [1.54, 1.807) is 12.1 Å². The maximum Gasteiger partial charge on any atom is 0.241 e. The minimum absolute atomic E-state index is 0.0478. The molecule has 8 nitrogen and oxygen atoms in total. The van der Waals surface area contributed by atoms with Crippen molar-refractivity contribution in [3.05, 3.63) is 53.4 Å². The van der Waals surface area contributed by atoms with Crippen LogP contribution < -0.4 is 14.8 Å². The van der Waals surface area contributed by atoms with Gasteiger partial charge < -0.3 is 19.3 Å². The molecule has 1 aliphatic rings. The molecule has 2 aromatic carbocycles. The Balaban J connectivity index is 1.32. The third kappa shape index (κ3) is 5.03. The van der Waals surface area contributed by atoms with Crippen LogP contribution >= 0.6 is 11.6 Å². The van der Waals surface area contributed by atoms with E-state index in [-0.39, 0.29) is 11.8 Å². The first-order chi connectivity index (χ1) is 15.6. The van der Waals surface area contributed by atoms with Crippen LogP contribution in [0.15, 0.2) is 47.0 Å². The molecule has 1 fully saturated rings. The maximum absolute atomic E-state index is 12.8. The number of anilines is 1. The van der Waals surface area contributed by atoms with Crippen molar-refractivity contribution >= 4 is 23.2 Å².